The van der Waals surface area contributed by atoms with Crippen LogP contribution in [0.5, 0.6) is 11.5 Å². The number of para-hydroxylation sites is 2. The van der Waals surface area contributed by atoms with Crippen molar-refractivity contribution in [3.63, 3.8) is 0 Å². The number of hydrogen-bond acceptors (Lipinski definition) is 2. The third kappa shape index (κ3) is 22.9. The van der Waals surface area contributed by atoms with Gasteiger partial charge in [0.1, 0.15) is 0 Å². The summed E-state index contributed by atoms with van der Waals surface area (Å²) in [6.45, 7) is 4.53. The summed E-state index contributed by atoms with van der Waals surface area (Å²) in [4.78, 5) is 0. The minimum atomic E-state index is 0. The van der Waals surface area contributed by atoms with E-state index in [9.17, 15) is 10.2 Å². The van der Waals surface area contributed by atoms with Crippen LogP contribution >= 0.6 is 0 Å². The summed E-state index contributed by atoms with van der Waals surface area (Å²) in [6, 6.07) is 14.9. The Labute approximate surface area is 282 Å². The minimum Gasteiger partial charge on any atom is -0.872 e. The Balaban J connectivity index is 0.000000722. The zero-order valence-corrected chi connectivity index (χ0v) is 30.1. The maximum atomic E-state index is 11.5. The van der Waals surface area contributed by atoms with E-state index in [-0.39, 0.29) is 60.4 Å². The van der Waals surface area contributed by atoms with Crippen LogP contribution in [0.1, 0.15) is 153 Å². The van der Waals surface area contributed by atoms with Crippen molar-refractivity contribution in [2.24, 2.45) is 0 Å². The Morgan fingerprint density at radius 2 is 0.641 bits per heavy atom. The molecule has 0 atom stereocenters. The fraction of sp³-hybridized carbons (Fsp3) is 0.667. The van der Waals surface area contributed by atoms with Gasteiger partial charge >= 0.3 is 48.9 Å². The van der Waals surface area contributed by atoms with Crippen LogP contribution in [0.4, 0.5) is 0 Å². The molecule has 216 valence electrons. The normalized spacial score (nSPS) is 10.5. The van der Waals surface area contributed by atoms with E-state index in [0.717, 1.165) is 36.8 Å². The standard InChI is InChI=1S/2C18H30O.Ba/c2*1-2-3-4-5-6-7-8-9-10-11-14-17-15-12-13-16-18(17)19;/h2*12-13,15-16,19H,2-11,14H2,1H3;/q;;+2/p-2. The SMILES string of the molecule is CCCCCCCCCCCCc1ccccc1[O-].CCCCCCCCCCCCc1ccccc1[O-].[Ba+2]. The number of benzene rings is 2. The first kappa shape index (κ1) is 38.6. The van der Waals surface area contributed by atoms with Gasteiger partial charge in [0.25, 0.3) is 0 Å². The molecule has 2 aromatic rings. The Bertz CT molecular complexity index is 711. The molecule has 0 spiro atoms. The fourth-order valence-electron chi connectivity index (χ4n) is 5.03. The molecule has 0 saturated carbocycles. The predicted octanol–water partition coefficient (Wildman–Crippen LogP) is 10.1. The summed E-state index contributed by atoms with van der Waals surface area (Å²) in [5.74, 6) is 0.414. The molecule has 2 aromatic carbocycles. The van der Waals surface area contributed by atoms with Gasteiger partial charge in [-0.3, -0.25) is 0 Å². The van der Waals surface area contributed by atoms with Gasteiger partial charge in [-0.25, -0.2) is 0 Å². The molecule has 0 aliphatic heterocycles. The molecule has 0 aliphatic rings. The number of rotatable bonds is 22. The van der Waals surface area contributed by atoms with E-state index in [2.05, 4.69) is 13.8 Å². The van der Waals surface area contributed by atoms with E-state index in [1.807, 2.05) is 36.4 Å². The maximum absolute atomic E-state index is 11.5. The predicted molar refractivity (Wildman–Crippen MR) is 169 cm³/mol. The summed E-state index contributed by atoms with van der Waals surface area (Å²) in [5, 5.41) is 23.0. The third-order valence-corrected chi connectivity index (χ3v) is 7.54. The molecule has 0 heterocycles. The Kier molecular flexibility index (Phi) is 28.8. The molecule has 3 heteroatoms. The molecular formula is C36H58BaO2. The molecule has 0 aromatic heterocycles. The third-order valence-electron chi connectivity index (χ3n) is 7.54. The van der Waals surface area contributed by atoms with Crippen LogP contribution in [0, 0.1) is 0 Å². The van der Waals surface area contributed by atoms with Crippen molar-refractivity contribution < 1.29 is 10.2 Å². The average molecular weight is 660 g/mol. The molecule has 2 nitrogen and oxygen atoms in total. The van der Waals surface area contributed by atoms with Gasteiger partial charge in [-0.15, -0.1) is 11.5 Å². The molecule has 0 unspecified atom stereocenters. The molecule has 0 amide bonds. The van der Waals surface area contributed by atoms with E-state index in [1.54, 1.807) is 12.1 Å². The van der Waals surface area contributed by atoms with Crippen molar-refractivity contribution in [3.05, 3.63) is 59.7 Å². The Morgan fingerprint density at radius 1 is 0.385 bits per heavy atom. The van der Waals surface area contributed by atoms with Crippen LogP contribution in [0.3, 0.4) is 0 Å². The first-order valence-corrected chi connectivity index (χ1v) is 16.2. The van der Waals surface area contributed by atoms with E-state index >= 15 is 0 Å². The topological polar surface area (TPSA) is 46.1 Å². The maximum Gasteiger partial charge on any atom is 2.00 e. The number of unbranched alkanes of at least 4 members (excludes halogenated alkanes) is 18. The zero-order valence-electron chi connectivity index (χ0n) is 25.7. The van der Waals surface area contributed by atoms with Gasteiger partial charge < -0.3 is 10.2 Å². The molecule has 0 N–H and O–H groups in total. The van der Waals surface area contributed by atoms with Gasteiger partial charge in [0, 0.05) is 0 Å². The largest absolute Gasteiger partial charge is 2.00 e. The van der Waals surface area contributed by atoms with Gasteiger partial charge in [-0.1, -0.05) is 189 Å². The Hall–Kier alpha value is -0.389. The molecule has 2 rings (SSSR count). The Morgan fingerprint density at radius 3 is 0.923 bits per heavy atom. The quantitative estimate of drug-likeness (QED) is 0.0933. The van der Waals surface area contributed by atoms with E-state index in [4.69, 9.17) is 0 Å². The summed E-state index contributed by atoms with van der Waals surface area (Å²) >= 11 is 0. The van der Waals surface area contributed by atoms with Gasteiger partial charge in [0.05, 0.1) is 0 Å². The average Bonchev–Trinajstić information content (AvgIpc) is 2.93. The molecule has 0 fully saturated rings. The summed E-state index contributed by atoms with van der Waals surface area (Å²) in [5.41, 5.74) is 1.98. The van der Waals surface area contributed by atoms with Gasteiger partial charge in [0.15, 0.2) is 0 Å². The van der Waals surface area contributed by atoms with E-state index in [1.165, 1.54) is 116 Å². The molecule has 39 heavy (non-hydrogen) atoms. The van der Waals surface area contributed by atoms with E-state index < -0.39 is 0 Å². The summed E-state index contributed by atoms with van der Waals surface area (Å²) in [7, 11) is 0. The molecule has 0 bridgehead atoms. The molecule has 0 radical (unpaired) electrons. The van der Waals surface area contributed by atoms with Gasteiger partial charge in [-0.05, 0) is 25.7 Å². The van der Waals surface area contributed by atoms with Crippen molar-refractivity contribution in [2.45, 2.75) is 155 Å². The summed E-state index contributed by atoms with van der Waals surface area (Å²) in [6.07, 6.45) is 28.9. The summed E-state index contributed by atoms with van der Waals surface area (Å²) < 4.78 is 0. The zero-order chi connectivity index (χ0) is 27.5. The molecule has 0 aliphatic carbocycles. The smallest absolute Gasteiger partial charge is 0.872 e. The monoisotopic (exact) mass is 660 g/mol. The molecule has 0 saturated heterocycles. The van der Waals surface area contributed by atoms with Crippen LogP contribution < -0.4 is 10.2 Å². The second-order valence-corrected chi connectivity index (χ2v) is 11.1. The fourth-order valence-corrected chi connectivity index (χ4v) is 5.03. The first-order chi connectivity index (χ1) is 18.7. The van der Waals surface area contributed by atoms with Crippen molar-refractivity contribution >= 4 is 48.9 Å². The van der Waals surface area contributed by atoms with Crippen LogP contribution in [0.2, 0.25) is 0 Å². The second-order valence-electron chi connectivity index (χ2n) is 11.1. The van der Waals surface area contributed by atoms with Crippen molar-refractivity contribution in [1.82, 2.24) is 0 Å². The van der Waals surface area contributed by atoms with Gasteiger partial charge in [-0.2, -0.15) is 0 Å². The first-order valence-electron chi connectivity index (χ1n) is 16.2. The van der Waals surface area contributed by atoms with Crippen molar-refractivity contribution in [2.75, 3.05) is 0 Å². The number of aryl methyl sites for hydroxylation is 2. The van der Waals surface area contributed by atoms with Gasteiger partial charge in [0.2, 0.25) is 0 Å². The van der Waals surface area contributed by atoms with Crippen LogP contribution in [-0.2, 0) is 12.8 Å². The van der Waals surface area contributed by atoms with Crippen LogP contribution in [0.25, 0.3) is 0 Å². The van der Waals surface area contributed by atoms with E-state index in [0.29, 0.717) is 0 Å². The minimum absolute atomic E-state index is 0. The van der Waals surface area contributed by atoms with Crippen LogP contribution in [-0.4, -0.2) is 48.9 Å². The van der Waals surface area contributed by atoms with Crippen molar-refractivity contribution in [1.29, 1.82) is 0 Å². The second kappa shape index (κ2) is 29.1. The number of hydrogen-bond donors (Lipinski definition) is 0. The van der Waals surface area contributed by atoms with Crippen LogP contribution in [0.15, 0.2) is 48.5 Å². The van der Waals surface area contributed by atoms with Crippen molar-refractivity contribution in [3.8, 4) is 11.5 Å². The molecular weight excluding hydrogens is 602 g/mol.